The topological polar surface area (TPSA) is 101 Å². The molecule has 2 fully saturated rings. The minimum absolute atomic E-state index is 0.303. The summed E-state index contributed by atoms with van der Waals surface area (Å²) in [6.07, 6.45) is 3.13. The van der Waals surface area contributed by atoms with E-state index in [1.165, 1.54) is 9.91 Å². The van der Waals surface area contributed by atoms with E-state index in [4.69, 9.17) is 0 Å². The quantitative estimate of drug-likeness (QED) is 0.773. The fourth-order valence-corrected chi connectivity index (χ4v) is 4.34. The molecule has 4 rings (SSSR count). The Morgan fingerprint density at radius 3 is 2.62 bits per heavy atom. The van der Waals surface area contributed by atoms with E-state index >= 15 is 0 Å². The van der Waals surface area contributed by atoms with Crippen molar-refractivity contribution in [2.24, 2.45) is 16.9 Å². The molecule has 1 aromatic carbocycles. The van der Waals surface area contributed by atoms with Crippen molar-refractivity contribution in [3.05, 3.63) is 35.4 Å². The second-order valence-corrected chi connectivity index (χ2v) is 6.84. The molecular formula is C19H17N5O2. The highest BCUT2D eigenvalue weighted by molar-refractivity contribution is 6.07. The highest BCUT2D eigenvalue weighted by Gasteiger charge is 2.71. The van der Waals surface area contributed by atoms with Crippen molar-refractivity contribution in [2.45, 2.75) is 31.3 Å². The van der Waals surface area contributed by atoms with E-state index in [2.05, 4.69) is 5.10 Å². The first-order chi connectivity index (χ1) is 12.6. The summed E-state index contributed by atoms with van der Waals surface area (Å²) in [7, 11) is 0. The van der Waals surface area contributed by atoms with E-state index in [-0.39, 0.29) is 5.91 Å². The number of amides is 2. The first kappa shape index (κ1) is 16.3. The van der Waals surface area contributed by atoms with Gasteiger partial charge in [-0.3, -0.25) is 19.5 Å². The van der Waals surface area contributed by atoms with Gasteiger partial charge in [0.2, 0.25) is 17.4 Å². The molecule has 0 radical (unpaired) electrons. The second kappa shape index (κ2) is 5.67. The van der Waals surface area contributed by atoms with E-state index in [0.29, 0.717) is 13.0 Å². The molecule has 2 amide bonds. The molecule has 0 saturated carbocycles. The average Bonchev–Trinajstić information content (AvgIpc) is 3.11. The van der Waals surface area contributed by atoms with Crippen LogP contribution in [-0.2, 0) is 9.59 Å². The largest absolute Gasteiger partial charge is 0.282 e. The Bertz CT molecular complexity index is 895. The number of rotatable bonds is 3. The molecule has 0 spiro atoms. The predicted molar refractivity (Wildman–Crippen MR) is 91.2 cm³/mol. The molecule has 7 heteroatoms. The van der Waals surface area contributed by atoms with Gasteiger partial charge in [0, 0.05) is 6.54 Å². The van der Waals surface area contributed by atoms with Crippen molar-refractivity contribution < 1.29 is 9.59 Å². The minimum atomic E-state index is -1.77. The lowest BCUT2D eigenvalue weighted by Crippen LogP contribution is -2.49. The van der Waals surface area contributed by atoms with E-state index in [0.717, 1.165) is 17.5 Å². The summed E-state index contributed by atoms with van der Waals surface area (Å²) >= 11 is 0. The van der Waals surface area contributed by atoms with Crippen molar-refractivity contribution >= 4 is 18.0 Å². The van der Waals surface area contributed by atoms with Crippen LogP contribution in [0.15, 0.2) is 29.4 Å². The van der Waals surface area contributed by atoms with Crippen LogP contribution in [0.4, 0.5) is 0 Å². The van der Waals surface area contributed by atoms with E-state index in [1.807, 2.05) is 43.3 Å². The average molecular weight is 347 g/mol. The number of benzene rings is 1. The Hall–Kier alpha value is -3.19. The Balaban J connectivity index is 1.88. The van der Waals surface area contributed by atoms with Gasteiger partial charge in [-0.1, -0.05) is 37.6 Å². The van der Waals surface area contributed by atoms with Crippen LogP contribution in [0.2, 0.25) is 0 Å². The second-order valence-electron chi connectivity index (χ2n) is 6.84. The smallest absolute Gasteiger partial charge is 0.242 e. The molecule has 3 heterocycles. The molecule has 3 aliphatic rings. The monoisotopic (exact) mass is 347 g/mol. The van der Waals surface area contributed by atoms with Crippen LogP contribution in [0.5, 0.6) is 0 Å². The van der Waals surface area contributed by atoms with Crippen molar-refractivity contribution in [3.63, 3.8) is 0 Å². The molecule has 0 aromatic heterocycles. The van der Waals surface area contributed by atoms with Crippen LogP contribution >= 0.6 is 0 Å². The highest BCUT2D eigenvalue weighted by Crippen LogP contribution is 2.56. The van der Waals surface area contributed by atoms with Gasteiger partial charge in [0.05, 0.1) is 18.2 Å². The molecule has 3 atom stereocenters. The number of carbonyl (C=O) groups is 2. The van der Waals surface area contributed by atoms with Gasteiger partial charge in [0.15, 0.2) is 0 Å². The molecule has 2 saturated heterocycles. The zero-order valence-corrected chi connectivity index (χ0v) is 14.3. The third-order valence-corrected chi connectivity index (χ3v) is 5.57. The number of carbonyl (C=O) groups excluding carboxylic acids is 2. The van der Waals surface area contributed by atoms with Gasteiger partial charge in [-0.15, -0.1) is 0 Å². The van der Waals surface area contributed by atoms with Gasteiger partial charge in [0.1, 0.15) is 18.1 Å². The molecular weight excluding hydrogens is 330 g/mol. The Kier molecular flexibility index (Phi) is 3.55. The molecule has 130 valence electrons. The van der Waals surface area contributed by atoms with Crippen LogP contribution in [0.25, 0.3) is 0 Å². The van der Waals surface area contributed by atoms with Gasteiger partial charge < -0.3 is 0 Å². The Labute approximate surface area is 151 Å². The van der Waals surface area contributed by atoms with E-state index < -0.39 is 29.3 Å². The number of hydrazone groups is 1. The van der Waals surface area contributed by atoms with Crippen LogP contribution in [0.3, 0.4) is 0 Å². The third kappa shape index (κ3) is 1.83. The fraction of sp³-hybridized carbons (Fsp3) is 0.421. The number of fused-ring (bicyclic) bond motifs is 5. The summed E-state index contributed by atoms with van der Waals surface area (Å²) in [6.45, 7) is 2.31. The number of nitrogens with zero attached hydrogens (tertiary/aromatic N) is 5. The Morgan fingerprint density at radius 2 is 1.92 bits per heavy atom. The van der Waals surface area contributed by atoms with Gasteiger partial charge in [-0.05, 0) is 17.5 Å². The maximum atomic E-state index is 13.1. The standard InChI is InChI=1S/C19H17N5O2/c1-2-3-8-23-17(25)14-15(18(23)26)19(10-20,11-21)24-16(14)13-7-5-4-6-12(13)9-22-24/h4-7,9,14-16H,2-3,8H2,1H3/t14-,15-,16-/m0/s1. The molecule has 0 unspecified atom stereocenters. The predicted octanol–water partition coefficient (Wildman–Crippen LogP) is 1.58. The molecule has 7 nitrogen and oxygen atoms in total. The molecule has 0 aliphatic carbocycles. The Morgan fingerprint density at radius 1 is 1.19 bits per heavy atom. The number of nitriles is 2. The normalized spacial score (nSPS) is 27.6. The summed E-state index contributed by atoms with van der Waals surface area (Å²) in [5.74, 6) is -2.52. The molecule has 1 aromatic rings. The van der Waals surface area contributed by atoms with Gasteiger partial charge in [0.25, 0.3) is 0 Å². The van der Waals surface area contributed by atoms with Crippen molar-refractivity contribution in [1.29, 1.82) is 10.5 Å². The maximum Gasteiger partial charge on any atom is 0.242 e. The van der Waals surface area contributed by atoms with Gasteiger partial charge >= 0.3 is 0 Å². The van der Waals surface area contributed by atoms with Crippen LogP contribution in [0, 0.1) is 34.5 Å². The fourth-order valence-electron chi connectivity index (χ4n) is 4.34. The molecule has 0 N–H and O–H groups in total. The lowest BCUT2D eigenvalue weighted by Gasteiger charge is -2.35. The summed E-state index contributed by atoms with van der Waals surface area (Å²) in [4.78, 5) is 27.3. The number of unbranched alkanes of at least 4 members (excludes halogenated alkanes) is 1. The van der Waals surface area contributed by atoms with Crippen molar-refractivity contribution in [3.8, 4) is 12.1 Å². The van der Waals surface area contributed by atoms with Crippen molar-refractivity contribution in [1.82, 2.24) is 9.91 Å². The summed E-state index contributed by atoms with van der Waals surface area (Å²) in [5, 5.41) is 25.4. The summed E-state index contributed by atoms with van der Waals surface area (Å²) in [5.41, 5.74) is -0.109. The number of likely N-dealkylation sites (tertiary alicyclic amines) is 1. The van der Waals surface area contributed by atoms with Crippen LogP contribution in [0.1, 0.15) is 36.9 Å². The molecule has 0 bridgehead atoms. The zero-order valence-electron chi connectivity index (χ0n) is 14.3. The van der Waals surface area contributed by atoms with Crippen molar-refractivity contribution in [2.75, 3.05) is 6.54 Å². The SMILES string of the molecule is CCCCN1C(=O)[C@H]2[C@@H](C1=O)C(C#N)(C#N)N1N=Cc3ccccc3[C@@H]21. The number of hydrogen-bond donors (Lipinski definition) is 0. The molecule has 3 aliphatic heterocycles. The first-order valence-corrected chi connectivity index (χ1v) is 8.70. The van der Waals surface area contributed by atoms with Gasteiger partial charge in [-0.25, -0.2) is 0 Å². The lowest BCUT2D eigenvalue weighted by atomic mass is 9.80. The molecule has 26 heavy (non-hydrogen) atoms. The minimum Gasteiger partial charge on any atom is -0.282 e. The highest BCUT2D eigenvalue weighted by atomic mass is 16.2. The third-order valence-electron chi connectivity index (χ3n) is 5.57. The van der Waals surface area contributed by atoms with Crippen LogP contribution in [-0.4, -0.2) is 40.0 Å². The van der Waals surface area contributed by atoms with E-state index in [9.17, 15) is 20.1 Å². The van der Waals surface area contributed by atoms with E-state index in [1.54, 1.807) is 6.21 Å². The number of imide groups is 1. The zero-order chi connectivity index (χ0) is 18.5. The summed E-state index contributed by atoms with van der Waals surface area (Å²) < 4.78 is 0. The maximum absolute atomic E-state index is 13.1. The van der Waals surface area contributed by atoms with Crippen LogP contribution < -0.4 is 0 Å². The van der Waals surface area contributed by atoms with Gasteiger partial charge in [-0.2, -0.15) is 15.6 Å². The number of hydrogen-bond acceptors (Lipinski definition) is 6. The lowest BCUT2D eigenvalue weighted by molar-refractivity contribution is -0.142. The first-order valence-electron chi connectivity index (χ1n) is 8.70. The summed E-state index contributed by atoms with van der Waals surface area (Å²) in [6, 6.07) is 10.9.